The maximum atomic E-state index is 6.86. The lowest BCUT2D eigenvalue weighted by molar-refractivity contribution is 0.670. The second kappa shape index (κ2) is 13.6. The van der Waals surface area contributed by atoms with Gasteiger partial charge in [0.25, 0.3) is 0 Å². The number of nitrogens with zero attached hydrogens (tertiary/aromatic N) is 2. The summed E-state index contributed by atoms with van der Waals surface area (Å²) in [5, 5.41) is 4.61. The topological polar surface area (TPSA) is 21.3 Å². The fourth-order valence-electron chi connectivity index (χ4n) is 8.61. The Balaban J connectivity index is 1.21. The molecule has 0 spiro atoms. The van der Waals surface area contributed by atoms with E-state index in [-0.39, 0.29) is 0 Å². The van der Waals surface area contributed by atoms with E-state index >= 15 is 0 Å². The first-order chi connectivity index (χ1) is 28.3. The molecule has 9 aromatic carbocycles. The molecule has 0 bridgehead atoms. The highest BCUT2D eigenvalue weighted by atomic mass is 16.3. The summed E-state index contributed by atoms with van der Waals surface area (Å²) in [7, 11) is 0. The maximum Gasteiger partial charge on any atom is 0.143 e. The molecule has 268 valence electrons. The molecular formula is C54H36N2O. The second-order valence-corrected chi connectivity index (χ2v) is 14.5. The zero-order valence-corrected chi connectivity index (χ0v) is 31.1. The molecule has 0 N–H and O–H groups in total. The number of benzene rings is 9. The van der Waals surface area contributed by atoms with Gasteiger partial charge in [-0.25, -0.2) is 0 Å². The Morgan fingerprint density at radius 1 is 0.351 bits per heavy atom. The van der Waals surface area contributed by atoms with E-state index in [0.29, 0.717) is 0 Å². The number of anilines is 3. The molecule has 2 aromatic heterocycles. The second-order valence-electron chi connectivity index (χ2n) is 14.5. The molecule has 0 aliphatic rings. The average Bonchev–Trinajstić information content (AvgIpc) is 3.83. The molecule has 0 radical (unpaired) electrons. The van der Waals surface area contributed by atoms with Crippen LogP contribution >= 0.6 is 0 Å². The minimum Gasteiger partial charge on any atom is -0.455 e. The van der Waals surface area contributed by atoms with Crippen molar-refractivity contribution in [2.75, 3.05) is 4.90 Å². The number of aromatic nitrogens is 1. The SMILES string of the molecule is c1ccc(-c2ccc(N(c3cc(-c4ccccc4-n4c5ccccc5c5ccccc54)c4oc5ccccc5c4c3)c3ccccc3-c3ccccc3)cc2)cc1. The number of para-hydroxylation sites is 5. The van der Waals surface area contributed by atoms with Crippen LogP contribution in [-0.4, -0.2) is 4.57 Å². The van der Waals surface area contributed by atoms with Crippen molar-refractivity contribution in [1.29, 1.82) is 0 Å². The van der Waals surface area contributed by atoms with Crippen LogP contribution in [0.2, 0.25) is 0 Å². The van der Waals surface area contributed by atoms with Gasteiger partial charge in [-0.1, -0.05) is 164 Å². The number of fused-ring (bicyclic) bond motifs is 6. The Hall–Kier alpha value is -7.62. The predicted octanol–water partition coefficient (Wildman–Crippen LogP) is 15.2. The van der Waals surface area contributed by atoms with Gasteiger partial charge in [-0.2, -0.15) is 0 Å². The minimum atomic E-state index is 0.865. The van der Waals surface area contributed by atoms with Crippen molar-refractivity contribution in [3.63, 3.8) is 0 Å². The predicted molar refractivity (Wildman–Crippen MR) is 239 cm³/mol. The fourth-order valence-corrected chi connectivity index (χ4v) is 8.61. The Morgan fingerprint density at radius 3 is 1.61 bits per heavy atom. The summed E-state index contributed by atoms with van der Waals surface area (Å²) < 4.78 is 9.27. The molecule has 0 amide bonds. The van der Waals surface area contributed by atoms with Crippen molar-refractivity contribution in [3.8, 4) is 39.1 Å². The van der Waals surface area contributed by atoms with Crippen molar-refractivity contribution < 1.29 is 4.42 Å². The van der Waals surface area contributed by atoms with Crippen LogP contribution in [-0.2, 0) is 0 Å². The smallest absolute Gasteiger partial charge is 0.143 e. The van der Waals surface area contributed by atoms with Gasteiger partial charge >= 0.3 is 0 Å². The molecule has 0 saturated carbocycles. The molecule has 11 aromatic rings. The molecule has 0 unspecified atom stereocenters. The van der Waals surface area contributed by atoms with Crippen LogP contribution in [0.4, 0.5) is 17.1 Å². The van der Waals surface area contributed by atoms with Crippen LogP contribution in [0.15, 0.2) is 223 Å². The third kappa shape index (κ3) is 5.51. The van der Waals surface area contributed by atoms with Gasteiger partial charge < -0.3 is 13.9 Å². The minimum absolute atomic E-state index is 0.865. The van der Waals surface area contributed by atoms with Crippen LogP contribution in [0.25, 0.3) is 82.8 Å². The molecule has 2 heterocycles. The molecule has 0 aliphatic carbocycles. The van der Waals surface area contributed by atoms with Crippen LogP contribution < -0.4 is 4.90 Å². The van der Waals surface area contributed by atoms with Crippen LogP contribution in [0.3, 0.4) is 0 Å². The standard InChI is InChI=1S/C54H36N2O/c1-3-17-37(18-4-1)38-31-33-40(34-32-38)55(49-26-12-7-21-42(49)39-19-5-2-6-20-39)41-35-47(54-48(36-41)46-25-11-16-30-53(46)57-54)45-24-10-15-29-52(45)56-50-27-13-8-22-43(50)44-23-9-14-28-51(44)56/h1-36H. The number of rotatable bonds is 7. The van der Waals surface area contributed by atoms with E-state index in [0.717, 1.165) is 66.9 Å². The third-order valence-corrected chi connectivity index (χ3v) is 11.2. The van der Waals surface area contributed by atoms with Gasteiger partial charge in [-0.3, -0.25) is 0 Å². The molecule has 0 fully saturated rings. The number of furan rings is 1. The summed E-state index contributed by atoms with van der Waals surface area (Å²) >= 11 is 0. The molecule has 3 heteroatoms. The molecule has 0 atom stereocenters. The monoisotopic (exact) mass is 728 g/mol. The zero-order chi connectivity index (χ0) is 37.7. The van der Waals surface area contributed by atoms with Gasteiger partial charge in [0.2, 0.25) is 0 Å². The highest BCUT2D eigenvalue weighted by molar-refractivity contribution is 6.14. The molecular weight excluding hydrogens is 693 g/mol. The summed E-state index contributed by atoms with van der Waals surface area (Å²) in [6, 6.07) is 78.1. The molecule has 0 aliphatic heterocycles. The molecule has 0 saturated heterocycles. The van der Waals surface area contributed by atoms with Gasteiger partial charge in [0.05, 0.1) is 22.4 Å². The van der Waals surface area contributed by atoms with Crippen molar-refractivity contribution in [2.24, 2.45) is 0 Å². The molecule has 57 heavy (non-hydrogen) atoms. The van der Waals surface area contributed by atoms with E-state index in [1.54, 1.807) is 0 Å². The Kier molecular flexibility index (Phi) is 7.82. The van der Waals surface area contributed by atoms with Gasteiger partial charge in [-0.15, -0.1) is 0 Å². The largest absolute Gasteiger partial charge is 0.455 e. The van der Waals surface area contributed by atoms with E-state index in [9.17, 15) is 0 Å². The summed E-state index contributed by atoms with van der Waals surface area (Å²) in [5.41, 5.74) is 15.1. The third-order valence-electron chi connectivity index (χ3n) is 11.2. The Bertz CT molecular complexity index is 3180. The lowest BCUT2D eigenvalue weighted by Crippen LogP contribution is -2.11. The zero-order valence-electron chi connectivity index (χ0n) is 31.1. The number of hydrogen-bond acceptors (Lipinski definition) is 2. The van der Waals surface area contributed by atoms with Gasteiger partial charge in [0.15, 0.2) is 0 Å². The Morgan fingerprint density at radius 2 is 0.895 bits per heavy atom. The van der Waals surface area contributed by atoms with E-state index in [2.05, 4.69) is 222 Å². The van der Waals surface area contributed by atoms with E-state index in [1.165, 1.54) is 32.9 Å². The van der Waals surface area contributed by atoms with E-state index < -0.39 is 0 Å². The van der Waals surface area contributed by atoms with Crippen LogP contribution in [0.1, 0.15) is 0 Å². The first-order valence-electron chi connectivity index (χ1n) is 19.4. The molecule has 11 rings (SSSR count). The van der Waals surface area contributed by atoms with Crippen molar-refractivity contribution in [3.05, 3.63) is 218 Å². The summed E-state index contributed by atoms with van der Waals surface area (Å²) in [4.78, 5) is 2.41. The highest BCUT2D eigenvalue weighted by Gasteiger charge is 2.24. The van der Waals surface area contributed by atoms with Crippen LogP contribution in [0.5, 0.6) is 0 Å². The first kappa shape index (κ1) is 32.8. The molecule has 3 nitrogen and oxygen atoms in total. The average molecular weight is 729 g/mol. The summed E-state index contributed by atoms with van der Waals surface area (Å²) in [6.45, 7) is 0. The summed E-state index contributed by atoms with van der Waals surface area (Å²) in [5.74, 6) is 0. The normalized spacial score (nSPS) is 11.5. The number of hydrogen-bond donors (Lipinski definition) is 0. The Labute approximate surface area is 330 Å². The van der Waals surface area contributed by atoms with Gasteiger partial charge in [-0.05, 0) is 71.3 Å². The van der Waals surface area contributed by atoms with Gasteiger partial charge in [0, 0.05) is 49.6 Å². The van der Waals surface area contributed by atoms with Gasteiger partial charge in [0.1, 0.15) is 11.2 Å². The van der Waals surface area contributed by atoms with Crippen molar-refractivity contribution in [2.45, 2.75) is 0 Å². The maximum absolute atomic E-state index is 6.86. The summed E-state index contributed by atoms with van der Waals surface area (Å²) in [6.07, 6.45) is 0. The lowest BCUT2D eigenvalue weighted by atomic mass is 9.97. The quantitative estimate of drug-likeness (QED) is 0.163. The first-order valence-corrected chi connectivity index (χ1v) is 19.4. The van der Waals surface area contributed by atoms with E-state index in [4.69, 9.17) is 4.42 Å². The highest BCUT2D eigenvalue weighted by Crippen LogP contribution is 2.47. The van der Waals surface area contributed by atoms with Crippen LogP contribution in [0, 0.1) is 0 Å². The lowest BCUT2D eigenvalue weighted by Gasteiger charge is -2.29. The van der Waals surface area contributed by atoms with Crippen molar-refractivity contribution in [1.82, 2.24) is 4.57 Å². The fraction of sp³-hybridized carbons (Fsp3) is 0. The van der Waals surface area contributed by atoms with E-state index in [1.807, 2.05) is 6.07 Å². The van der Waals surface area contributed by atoms with Crippen molar-refractivity contribution >= 4 is 60.8 Å².